The van der Waals surface area contributed by atoms with Crippen LogP contribution in [0.25, 0.3) is 0 Å². The Labute approximate surface area is 140 Å². The van der Waals surface area contributed by atoms with Crippen LogP contribution in [0.4, 0.5) is 0 Å². The molecule has 2 aliphatic rings. The van der Waals surface area contributed by atoms with Crippen molar-refractivity contribution >= 4 is 5.91 Å². The van der Waals surface area contributed by atoms with Crippen LogP contribution in [0.5, 0.6) is 11.5 Å². The second-order valence-electron chi connectivity index (χ2n) is 6.19. The molecule has 0 radical (unpaired) electrons. The van der Waals surface area contributed by atoms with Crippen LogP contribution in [0.15, 0.2) is 48.5 Å². The van der Waals surface area contributed by atoms with Crippen molar-refractivity contribution in [2.24, 2.45) is 0 Å². The first-order chi connectivity index (χ1) is 11.7. The Kier molecular flexibility index (Phi) is 3.86. The van der Waals surface area contributed by atoms with E-state index < -0.39 is 6.10 Å². The number of nitrogens with zero attached hydrogens (tertiary/aromatic N) is 1. The van der Waals surface area contributed by atoms with Crippen molar-refractivity contribution in [1.29, 1.82) is 0 Å². The molecule has 2 aromatic carbocycles. The molecule has 1 fully saturated rings. The van der Waals surface area contributed by atoms with Crippen LogP contribution in [-0.2, 0) is 0 Å². The van der Waals surface area contributed by atoms with E-state index in [1.54, 1.807) is 23.1 Å². The standard InChI is InChI=1S/C19H19NO4/c21-16-11-20(9-8-15(16)13-4-2-1-3-5-13)19(22)14-6-7-17-18(10-14)24-12-23-17/h1-7,10,15-16,21H,8-9,11-12H2/t15-,16+/m0/s1. The summed E-state index contributed by atoms with van der Waals surface area (Å²) < 4.78 is 10.6. The van der Waals surface area contributed by atoms with Crippen LogP contribution in [0.3, 0.4) is 0 Å². The lowest BCUT2D eigenvalue weighted by Gasteiger charge is -2.36. The molecule has 1 amide bonds. The molecular formula is C19H19NO4. The molecule has 0 aromatic heterocycles. The van der Waals surface area contributed by atoms with Crippen LogP contribution >= 0.6 is 0 Å². The zero-order valence-electron chi connectivity index (χ0n) is 13.2. The maximum absolute atomic E-state index is 12.7. The number of carbonyl (C=O) groups is 1. The summed E-state index contributed by atoms with van der Waals surface area (Å²) in [5.74, 6) is 1.25. The van der Waals surface area contributed by atoms with Crippen LogP contribution < -0.4 is 9.47 Å². The van der Waals surface area contributed by atoms with Crippen LogP contribution in [0.2, 0.25) is 0 Å². The molecule has 0 bridgehead atoms. The van der Waals surface area contributed by atoms with Gasteiger partial charge >= 0.3 is 0 Å². The fourth-order valence-electron chi connectivity index (χ4n) is 3.42. The number of aliphatic hydroxyl groups excluding tert-OH is 1. The summed E-state index contributed by atoms with van der Waals surface area (Å²) in [6.45, 7) is 1.16. The number of aliphatic hydroxyl groups is 1. The number of fused-ring (bicyclic) bond motifs is 1. The first-order valence-electron chi connectivity index (χ1n) is 8.14. The van der Waals surface area contributed by atoms with Gasteiger partial charge in [-0.2, -0.15) is 0 Å². The van der Waals surface area contributed by atoms with Gasteiger partial charge in [-0.25, -0.2) is 0 Å². The fraction of sp³-hybridized carbons (Fsp3) is 0.316. The van der Waals surface area contributed by atoms with Gasteiger partial charge in [0.1, 0.15) is 0 Å². The third kappa shape index (κ3) is 2.71. The minimum atomic E-state index is -0.556. The molecule has 4 rings (SSSR count). The van der Waals surface area contributed by atoms with Crippen LogP contribution in [0.1, 0.15) is 28.3 Å². The van der Waals surface area contributed by atoms with Crippen LogP contribution in [0, 0.1) is 0 Å². The van der Waals surface area contributed by atoms with Gasteiger partial charge in [0, 0.05) is 24.6 Å². The van der Waals surface area contributed by atoms with E-state index in [0.29, 0.717) is 30.2 Å². The predicted molar refractivity (Wildman–Crippen MR) is 88.3 cm³/mol. The van der Waals surface area contributed by atoms with Gasteiger partial charge in [0.2, 0.25) is 6.79 Å². The van der Waals surface area contributed by atoms with Gasteiger partial charge in [0.05, 0.1) is 6.10 Å². The van der Waals surface area contributed by atoms with E-state index in [-0.39, 0.29) is 18.6 Å². The normalized spacial score (nSPS) is 22.5. The van der Waals surface area contributed by atoms with E-state index in [2.05, 4.69) is 0 Å². The maximum Gasteiger partial charge on any atom is 0.254 e. The molecule has 2 aliphatic heterocycles. The lowest BCUT2D eigenvalue weighted by atomic mass is 9.87. The summed E-state index contributed by atoms with van der Waals surface area (Å²) in [5, 5.41) is 10.5. The van der Waals surface area contributed by atoms with E-state index in [9.17, 15) is 9.90 Å². The SMILES string of the molecule is O=C(c1ccc2c(c1)OCO2)N1CC[C@@H](c2ccccc2)[C@H](O)C1. The van der Waals surface area contributed by atoms with Crippen molar-refractivity contribution in [2.75, 3.05) is 19.9 Å². The molecule has 0 aliphatic carbocycles. The molecule has 0 unspecified atom stereocenters. The smallest absolute Gasteiger partial charge is 0.254 e. The highest BCUT2D eigenvalue weighted by Crippen LogP contribution is 2.34. The number of amides is 1. The topological polar surface area (TPSA) is 59.0 Å². The highest BCUT2D eigenvalue weighted by molar-refractivity contribution is 5.95. The van der Waals surface area contributed by atoms with E-state index in [0.717, 1.165) is 12.0 Å². The molecule has 2 heterocycles. The lowest BCUT2D eigenvalue weighted by molar-refractivity contribution is 0.0382. The number of ether oxygens (including phenoxy) is 2. The highest BCUT2D eigenvalue weighted by Gasteiger charge is 2.31. The Balaban J connectivity index is 1.47. The zero-order chi connectivity index (χ0) is 16.5. The molecule has 0 spiro atoms. The molecule has 5 nitrogen and oxygen atoms in total. The number of hydrogen-bond acceptors (Lipinski definition) is 4. The molecule has 24 heavy (non-hydrogen) atoms. The van der Waals surface area contributed by atoms with Gasteiger partial charge < -0.3 is 19.5 Å². The van der Waals surface area contributed by atoms with Gasteiger partial charge in [-0.1, -0.05) is 30.3 Å². The van der Waals surface area contributed by atoms with Crippen LogP contribution in [-0.4, -0.2) is 41.9 Å². The largest absolute Gasteiger partial charge is 0.454 e. The molecule has 1 saturated heterocycles. The monoisotopic (exact) mass is 325 g/mol. The third-order valence-electron chi connectivity index (χ3n) is 4.72. The second-order valence-corrected chi connectivity index (χ2v) is 6.19. The summed E-state index contributed by atoms with van der Waals surface area (Å²) in [6.07, 6.45) is 0.195. The summed E-state index contributed by atoms with van der Waals surface area (Å²) in [6, 6.07) is 15.2. The number of rotatable bonds is 2. The Bertz CT molecular complexity index is 746. The first-order valence-corrected chi connectivity index (χ1v) is 8.14. The highest BCUT2D eigenvalue weighted by atomic mass is 16.7. The van der Waals surface area contributed by atoms with Crippen molar-refractivity contribution < 1.29 is 19.4 Å². The van der Waals surface area contributed by atoms with Gasteiger partial charge in [-0.05, 0) is 30.2 Å². The molecule has 5 heteroatoms. The van der Waals surface area contributed by atoms with Crippen molar-refractivity contribution in [2.45, 2.75) is 18.4 Å². The number of carbonyl (C=O) groups excluding carboxylic acids is 1. The number of β-amino-alcohol motifs (C(OH)–C–C–N with tert-alkyl or cyclic N) is 1. The Morgan fingerprint density at radius 2 is 1.88 bits per heavy atom. The van der Waals surface area contributed by atoms with Gasteiger partial charge in [-0.15, -0.1) is 0 Å². The maximum atomic E-state index is 12.7. The predicted octanol–water partition coefficient (Wildman–Crippen LogP) is 2.41. The second kappa shape index (κ2) is 6.17. The summed E-state index contributed by atoms with van der Waals surface area (Å²) in [7, 11) is 0. The average molecular weight is 325 g/mol. The summed E-state index contributed by atoms with van der Waals surface area (Å²) in [4.78, 5) is 14.4. The van der Waals surface area contributed by atoms with Gasteiger partial charge in [0.15, 0.2) is 11.5 Å². The minimum Gasteiger partial charge on any atom is -0.454 e. The minimum absolute atomic E-state index is 0.0759. The van der Waals surface area contributed by atoms with Gasteiger partial charge in [-0.3, -0.25) is 4.79 Å². The zero-order valence-corrected chi connectivity index (χ0v) is 13.2. The number of benzene rings is 2. The summed E-state index contributed by atoms with van der Waals surface area (Å²) >= 11 is 0. The Morgan fingerprint density at radius 1 is 1.08 bits per heavy atom. The van der Waals surface area contributed by atoms with Crippen molar-refractivity contribution in [3.63, 3.8) is 0 Å². The number of piperidine rings is 1. The molecule has 2 atom stereocenters. The first kappa shape index (κ1) is 15.0. The van der Waals surface area contributed by atoms with E-state index >= 15 is 0 Å². The van der Waals surface area contributed by atoms with Crippen molar-refractivity contribution in [3.05, 3.63) is 59.7 Å². The van der Waals surface area contributed by atoms with E-state index in [1.807, 2.05) is 30.3 Å². The van der Waals surface area contributed by atoms with Crippen molar-refractivity contribution in [1.82, 2.24) is 4.90 Å². The average Bonchev–Trinajstić information content (AvgIpc) is 3.09. The number of hydrogen-bond donors (Lipinski definition) is 1. The van der Waals surface area contributed by atoms with E-state index in [4.69, 9.17) is 9.47 Å². The molecule has 1 N–H and O–H groups in total. The Hall–Kier alpha value is -2.53. The lowest BCUT2D eigenvalue weighted by Crippen LogP contribution is -2.45. The fourth-order valence-corrected chi connectivity index (χ4v) is 3.42. The molecule has 124 valence electrons. The third-order valence-corrected chi connectivity index (χ3v) is 4.72. The van der Waals surface area contributed by atoms with Gasteiger partial charge in [0.25, 0.3) is 5.91 Å². The Morgan fingerprint density at radius 3 is 2.67 bits per heavy atom. The molecule has 2 aromatic rings. The molecule has 0 saturated carbocycles. The van der Waals surface area contributed by atoms with Crippen molar-refractivity contribution in [3.8, 4) is 11.5 Å². The molecular weight excluding hydrogens is 306 g/mol. The summed E-state index contributed by atoms with van der Waals surface area (Å²) in [5.41, 5.74) is 1.68. The van der Waals surface area contributed by atoms with E-state index in [1.165, 1.54) is 0 Å². The number of likely N-dealkylation sites (tertiary alicyclic amines) is 1. The quantitative estimate of drug-likeness (QED) is 0.921.